The van der Waals surface area contributed by atoms with Crippen molar-refractivity contribution in [1.82, 2.24) is 9.88 Å². The number of amides is 1. The molecule has 0 saturated heterocycles. The van der Waals surface area contributed by atoms with Crippen LogP contribution < -0.4 is 5.32 Å². The number of nitrogens with one attached hydrogen (secondary N) is 1. The summed E-state index contributed by atoms with van der Waals surface area (Å²) < 4.78 is 1.98. The molecule has 0 unspecified atom stereocenters. The van der Waals surface area contributed by atoms with Gasteiger partial charge in [-0.2, -0.15) is 0 Å². The van der Waals surface area contributed by atoms with E-state index in [4.69, 9.17) is 0 Å². The molecule has 1 heterocycles. The van der Waals surface area contributed by atoms with Crippen molar-refractivity contribution in [2.75, 3.05) is 0 Å². The third-order valence-electron chi connectivity index (χ3n) is 2.56. The monoisotopic (exact) mass is 216 g/mol. The van der Waals surface area contributed by atoms with E-state index in [2.05, 4.69) is 5.32 Å². The Morgan fingerprint density at radius 3 is 2.75 bits per heavy atom. The SMILES string of the molecule is CC(C)NC(=O)c1cccc2ccn(C)c12. The van der Waals surface area contributed by atoms with E-state index in [1.54, 1.807) is 0 Å². The molecule has 2 aromatic rings. The maximum Gasteiger partial charge on any atom is 0.253 e. The lowest BCUT2D eigenvalue weighted by molar-refractivity contribution is 0.0944. The predicted octanol–water partition coefficient (Wildman–Crippen LogP) is 2.32. The van der Waals surface area contributed by atoms with Crippen molar-refractivity contribution in [3.8, 4) is 0 Å². The highest BCUT2D eigenvalue weighted by molar-refractivity contribution is 6.06. The zero-order valence-corrected chi connectivity index (χ0v) is 9.82. The molecular weight excluding hydrogens is 200 g/mol. The van der Waals surface area contributed by atoms with Crippen molar-refractivity contribution in [2.24, 2.45) is 7.05 Å². The fourth-order valence-electron chi connectivity index (χ4n) is 1.88. The summed E-state index contributed by atoms with van der Waals surface area (Å²) in [5.41, 5.74) is 1.72. The number of carbonyl (C=O) groups is 1. The summed E-state index contributed by atoms with van der Waals surface area (Å²) >= 11 is 0. The van der Waals surface area contributed by atoms with Crippen LogP contribution in [0.2, 0.25) is 0 Å². The van der Waals surface area contributed by atoms with Gasteiger partial charge in [0.15, 0.2) is 0 Å². The van der Waals surface area contributed by atoms with Gasteiger partial charge in [-0.1, -0.05) is 12.1 Å². The topological polar surface area (TPSA) is 34.0 Å². The molecule has 0 aliphatic carbocycles. The Labute approximate surface area is 95.1 Å². The van der Waals surface area contributed by atoms with Crippen molar-refractivity contribution < 1.29 is 4.79 Å². The van der Waals surface area contributed by atoms with E-state index in [1.807, 2.05) is 55.9 Å². The summed E-state index contributed by atoms with van der Waals surface area (Å²) in [6, 6.07) is 7.96. The Morgan fingerprint density at radius 1 is 1.31 bits per heavy atom. The first kappa shape index (κ1) is 10.7. The molecule has 0 saturated carbocycles. The number of carbonyl (C=O) groups excluding carboxylic acids is 1. The molecule has 1 N–H and O–H groups in total. The minimum absolute atomic E-state index is 0.0117. The molecular formula is C13H16N2O. The van der Waals surface area contributed by atoms with Crippen molar-refractivity contribution in [2.45, 2.75) is 19.9 Å². The fourth-order valence-corrected chi connectivity index (χ4v) is 1.88. The second kappa shape index (κ2) is 4.00. The van der Waals surface area contributed by atoms with Gasteiger partial charge in [0, 0.05) is 24.7 Å². The highest BCUT2D eigenvalue weighted by Crippen LogP contribution is 2.19. The van der Waals surface area contributed by atoms with Crippen LogP contribution in [0.1, 0.15) is 24.2 Å². The normalized spacial score (nSPS) is 11.0. The zero-order chi connectivity index (χ0) is 11.7. The average Bonchev–Trinajstić information content (AvgIpc) is 2.59. The summed E-state index contributed by atoms with van der Waals surface area (Å²) in [6.45, 7) is 3.92. The van der Waals surface area contributed by atoms with E-state index in [9.17, 15) is 4.79 Å². The lowest BCUT2D eigenvalue weighted by Crippen LogP contribution is -2.30. The number of rotatable bonds is 2. The van der Waals surface area contributed by atoms with Crippen molar-refractivity contribution in [3.63, 3.8) is 0 Å². The van der Waals surface area contributed by atoms with Crippen LogP contribution in [0.25, 0.3) is 10.9 Å². The van der Waals surface area contributed by atoms with Gasteiger partial charge in [-0.25, -0.2) is 0 Å². The average molecular weight is 216 g/mol. The Morgan fingerprint density at radius 2 is 2.06 bits per heavy atom. The number of aryl methyl sites for hydroxylation is 1. The molecule has 16 heavy (non-hydrogen) atoms. The van der Waals surface area contributed by atoms with Crippen LogP contribution in [-0.2, 0) is 7.05 Å². The summed E-state index contributed by atoms with van der Waals surface area (Å²) in [6.07, 6.45) is 1.97. The van der Waals surface area contributed by atoms with Crippen LogP contribution in [0.4, 0.5) is 0 Å². The van der Waals surface area contributed by atoms with Crippen molar-refractivity contribution in [3.05, 3.63) is 36.0 Å². The number of aromatic nitrogens is 1. The van der Waals surface area contributed by atoms with Crippen LogP contribution in [0.3, 0.4) is 0 Å². The molecule has 1 aromatic carbocycles. The number of fused-ring (bicyclic) bond motifs is 1. The van der Waals surface area contributed by atoms with E-state index in [0.29, 0.717) is 0 Å². The fraction of sp³-hybridized carbons (Fsp3) is 0.308. The molecule has 0 radical (unpaired) electrons. The largest absolute Gasteiger partial charge is 0.350 e. The van der Waals surface area contributed by atoms with E-state index in [-0.39, 0.29) is 11.9 Å². The van der Waals surface area contributed by atoms with Gasteiger partial charge in [0.2, 0.25) is 0 Å². The Hall–Kier alpha value is -1.77. The molecule has 84 valence electrons. The summed E-state index contributed by atoms with van der Waals surface area (Å²) in [7, 11) is 1.95. The molecule has 3 nitrogen and oxygen atoms in total. The lowest BCUT2D eigenvalue weighted by Gasteiger charge is -2.10. The molecule has 1 aromatic heterocycles. The Balaban J connectivity index is 2.51. The van der Waals surface area contributed by atoms with Gasteiger partial charge >= 0.3 is 0 Å². The van der Waals surface area contributed by atoms with E-state index < -0.39 is 0 Å². The standard InChI is InChI=1S/C13H16N2O/c1-9(2)14-13(16)11-6-4-5-10-7-8-15(3)12(10)11/h4-9H,1-3H3,(H,14,16). The molecule has 0 bridgehead atoms. The van der Waals surface area contributed by atoms with Crippen LogP contribution in [0.15, 0.2) is 30.5 Å². The van der Waals surface area contributed by atoms with Crippen molar-refractivity contribution >= 4 is 16.8 Å². The molecule has 1 amide bonds. The van der Waals surface area contributed by atoms with Gasteiger partial charge in [0.1, 0.15) is 0 Å². The third kappa shape index (κ3) is 1.81. The number of benzene rings is 1. The number of hydrogen-bond donors (Lipinski definition) is 1. The second-order valence-electron chi connectivity index (χ2n) is 4.30. The van der Waals surface area contributed by atoms with Gasteiger partial charge in [-0.3, -0.25) is 4.79 Å². The minimum Gasteiger partial charge on any atom is -0.350 e. The first-order valence-electron chi connectivity index (χ1n) is 5.44. The summed E-state index contributed by atoms with van der Waals surface area (Å²) in [5, 5.41) is 4.01. The first-order valence-corrected chi connectivity index (χ1v) is 5.44. The molecule has 2 rings (SSSR count). The second-order valence-corrected chi connectivity index (χ2v) is 4.30. The molecule has 0 spiro atoms. The van der Waals surface area contributed by atoms with Crippen LogP contribution in [0, 0.1) is 0 Å². The molecule has 0 aliphatic rings. The number of hydrogen-bond acceptors (Lipinski definition) is 1. The predicted molar refractivity (Wildman–Crippen MR) is 65.5 cm³/mol. The number of nitrogens with zero attached hydrogens (tertiary/aromatic N) is 1. The maximum absolute atomic E-state index is 12.0. The van der Waals surface area contributed by atoms with Gasteiger partial charge in [-0.15, -0.1) is 0 Å². The van der Waals surface area contributed by atoms with E-state index in [1.165, 1.54) is 0 Å². The maximum atomic E-state index is 12.0. The summed E-state index contributed by atoms with van der Waals surface area (Å²) in [5.74, 6) is -0.0117. The van der Waals surface area contributed by atoms with Crippen LogP contribution in [-0.4, -0.2) is 16.5 Å². The first-order chi connectivity index (χ1) is 7.59. The van der Waals surface area contributed by atoms with Gasteiger partial charge in [0.25, 0.3) is 5.91 Å². The van der Waals surface area contributed by atoms with Crippen molar-refractivity contribution in [1.29, 1.82) is 0 Å². The number of para-hydroxylation sites is 1. The Kier molecular flexibility index (Phi) is 2.69. The summed E-state index contributed by atoms with van der Waals surface area (Å²) in [4.78, 5) is 12.0. The lowest BCUT2D eigenvalue weighted by atomic mass is 10.1. The Bertz CT molecular complexity index is 526. The van der Waals surface area contributed by atoms with E-state index >= 15 is 0 Å². The molecule has 3 heteroatoms. The quantitative estimate of drug-likeness (QED) is 0.821. The highest BCUT2D eigenvalue weighted by atomic mass is 16.1. The highest BCUT2D eigenvalue weighted by Gasteiger charge is 2.12. The van der Waals surface area contributed by atoms with Gasteiger partial charge in [-0.05, 0) is 26.0 Å². The van der Waals surface area contributed by atoms with E-state index in [0.717, 1.165) is 16.5 Å². The third-order valence-corrected chi connectivity index (χ3v) is 2.56. The zero-order valence-electron chi connectivity index (χ0n) is 9.82. The smallest absolute Gasteiger partial charge is 0.253 e. The molecule has 0 aliphatic heterocycles. The van der Waals surface area contributed by atoms with Gasteiger partial charge < -0.3 is 9.88 Å². The van der Waals surface area contributed by atoms with Gasteiger partial charge in [0.05, 0.1) is 11.1 Å². The minimum atomic E-state index is -0.0117. The molecule has 0 fully saturated rings. The molecule has 0 atom stereocenters. The van der Waals surface area contributed by atoms with Crippen LogP contribution >= 0.6 is 0 Å². The van der Waals surface area contributed by atoms with Crippen LogP contribution in [0.5, 0.6) is 0 Å².